The maximum atomic E-state index is 11.1. The summed E-state index contributed by atoms with van der Waals surface area (Å²) < 4.78 is 0. The van der Waals surface area contributed by atoms with Gasteiger partial charge in [-0.05, 0) is 105 Å². The molecule has 0 aliphatic rings. The van der Waals surface area contributed by atoms with Crippen LogP contribution in [0.25, 0.3) is 0 Å². The Labute approximate surface area is 204 Å². The molecular weight excluding hydrogens is 432 g/mol. The van der Waals surface area contributed by atoms with Gasteiger partial charge in [0.05, 0.1) is 9.79 Å². The van der Waals surface area contributed by atoms with E-state index in [1.807, 2.05) is 0 Å². The number of hydrogen-bond donors (Lipinski definition) is 2. The molecule has 2 nitrogen and oxygen atoms in total. The Kier molecular flexibility index (Phi) is 10.4. The third-order valence-electron chi connectivity index (χ3n) is 7.12. The topological polar surface area (TPSA) is 40.5 Å². The maximum Gasteiger partial charge on any atom is 0.133 e. The molecule has 4 unspecified atom stereocenters. The van der Waals surface area contributed by atoms with Crippen molar-refractivity contribution in [1.29, 1.82) is 0 Å². The highest BCUT2D eigenvalue weighted by molar-refractivity contribution is 8.76. The molecule has 2 rings (SSSR count). The normalized spacial score (nSPS) is 15.4. The van der Waals surface area contributed by atoms with Crippen molar-refractivity contribution in [2.45, 2.75) is 115 Å². The minimum absolute atomic E-state index is 0.308. The van der Waals surface area contributed by atoms with Gasteiger partial charge in [-0.25, -0.2) is 0 Å². The van der Waals surface area contributed by atoms with E-state index in [9.17, 15) is 10.2 Å². The van der Waals surface area contributed by atoms with Crippen molar-refractivity contribution in [2.75, 3.05) is 0 Å². The van der Waals surface area contributed by atoms with Crippen molar-refractivity contribution in [1.82, 2.24) is 0 Å². The number of rotatable bonds is 11. The third-order valence-corrected chi connectivity index (χ3v) is 9.52. The summed E-state index contributed by atoms with van der Waals surface area (Å²) in [5, 5.41) is 22.2. The number of hydrogen-bond acceptors (Lipinski definition) is 4. The lowest BCUT2D eigenvalue weighted by Gasteiger charge is -2.20. The van der Waals surface area contributed by atoms with E-state index >= 15 is 0 Å². The van der Waals surface area contributed by atoms with Crippen molar-refractivity contribution >= 4 is 21.6 Å². The number of phenols is 2. The van der Waals surface area contributed by atoms with Crippen molar-refractivity contribution in [3.63, 3.8) is 0 Å². The highest BCUT2D eigenvalue weighted by Gasteiger charge is 2.20. The lowest BCUT2D eigenvalue weighted by molar-refractivity contribution is 0.447. The monoisotopic (exact) mass is 474 g/mol. The fourth-order valence-electron chi connectivity index (χ4n) is 3.75. The van der Waals surface area contributed by atoms with Gasteiger partial charge >= 0.3 is 0 Å². The van der Waals surface area contributed by atoms with Crippen LogP contribution >= 0.6 is 21.6 Å². The first-order valence-electron chi connectivity index (χ1n) is 12.3. The lowest BCUT2D eigenvalue weighted by Crippen LogP contribution is -1.99. The molecular formula is C28H42O2S2. The van der Waals surface area contributed by atoms with E-state index in [1.54, 1.807) is 21.6 Å². The van der Waals surface area contributed by atoms with Gasteiger partial charge in [0.15, 0.2) is 0 Å². The minimum atomic E-state index is 0.308. The zero-order valence-electron chi connectivity index (χ0n) is 21.2. The van der Waals surface area contributed by atoms with Crippen LogP contribution in [0.1, 0.15) is 127 Å². The van der Waals surface area contributed by atoms with E-state index in [0.29, 0.717) is 35.2 Å². The standard InChI is InChI=1S/C28H42O2S2/c1-9-17(5)21-13-23(19(7)11-3)27(29)25(15-21)31-32-26-16-22(18(6)10-2)14-24(28(26)30)20(8)12-4/h13-20,29-30H,9-12H2,1-8H3. The second-order valence-corrected chi connectivity index (χ2v) is 11.5. The van der Waals surface area contributed by atoms with Gasteiger partial charge in [0.2, 0.25) is 0 Å². The van der Waals surface area contributed by atoms with Crippen molar-refractivity contribution in [3.05, 3.63) is 46.5 Å². The second-order valence-electron chi connectivity index (χ2n) is 9.32. The van der Waals surface area contributed by atoms with Crippen molar-refractivity contribution in [2.24, 2.45) is 0 Å². The Hall–Kier alpha value is -1.26. The molecule has 0 aliphatic carbocycles. The van der Waals surface area contributed by atoms with Gasteiger partial charge in [-0.2, -0.15) is 0 Å². The molecule has 0 aliphatic heterocycles. The van der Waals surface area contributed by atoms with E-state index in [4.69, 9.17) is 0 Å². The molecule has 32 heavy (non-hydrogen) atoms. The molecule has 2 N–H and O–H groups in total. The Morgan fingerprint density at radius 1 is 0.562 bits per heavy atom. The Morgan fingerprint density at radius 2 is 0.875 bits per heavy atom. The Bertz CT molecular complexity index is 820. The van der Waals surface area contributed by atoms with Gasteiger partial charge in [0.1, 0.15) is 11.5 Å². The molecule has 0 aromatic heterocycles. The summed E-state index contributed by atoms with van der Waals surface area (Å²) in [5.74, 6) is 2.29. The summed E-state index contributed by atoms with van der Waals surface area (Å²) in [6, 6.07) is 8.65. The first kappa shape index (κ1) is 27.0. The molecule has 0 fully saturated rings. The first-order chi connectivity index (χ1) is 15.2. The SMILES string of the molecule is CCC(C)c1cc(SSc2cc(C(C)CC)cc(C(C)CC)c2O)c(O)c(C(C)CC)c1. The third kappa shape index (κ3) is 6.20. The molecule has 2 aromatic rings. The van der Waals surface area contributed by atoms with Crippen LogP contribution in [-0.2, 0) is 0 Å². The molecule has 178 valence electrons. The molecule has 0 bridgehead atoms. The summed E-state index contributed by atoms with van der Waals surface area (Å²) in [7, 11) is 3.12. The summed E-state index contributed by atoms with van der Waals surface area (Å²) >= 11 is 0. The summed E-state index contributed by atoms with van der Waals surface area (Å²) in [4.78, 5) is 1.78. The average molecular weight is 475 g/mol. The van der Waals surface area contributed by atoms with E-state index in [-0.39, 0.29) is 0 Å². The molecule has 2 aromatic carbocycles. The second kappa shape index (κ2) is 12.3. The van der Waals surface area contributed by atoms with Gasteiger partial charge in [0.25, 0.3) is 0 Å². The van der Waals surface area contributed by atoms with Crippen LogP contribution < -0.4 is 0 Å². The fourth-order valence-corrected chi connectivity index (χ4v) is 5.99. The van der Waals surface area contributed by atoms with Crippen LogP contribution in [0.15, 0.2) is 34.1 Å². The van der Waals surface area contributed by atoms with Gasteiger partial charge in [-0.15, -0.1) is 0 Å². The lowest BCUT2D eigenvalue weighted by atomic mass is 9.91. The predicted octanol–water partition coefficient (Wildman–Crippen LogP) is 9.95. The van der Waals surface area contributed by atoms with E-state index < -0.39 is 0 Å². The fraction of sp³-hybridized carbons (Fsp3) is 0.571. The van der Waals surface area contributed by atoms with Gasteiger partial charge < -0.3 is 10.2 Å². The first-order valence-corrected chi connectivity index (χ1v) is 14.4. The predicted molar refractivity (Wildman–Crippen MR) is 143 cm³/mol. The summed E-state index contributed by atoms with van der Waals surface area (Å²) in [5.41, 5.74) is 4.63. The molecule has 0 saturated heterocycles. The molecule has 0 amide bonds. The zero-order chi connectivity index (χ0) is 24.0. The molecule has 0 radical (unpaired) electrons. The van der Waals surface area contributed by atoms with Gasteiger partial charge in [0, 0.05) is 0 Å². The quantitative estimate of drug-likeness (QED) is 0.318. The van der Waals surface area contributed by atoms with Gasteiger partial charge in [-0.1, -0.05) is 67.5 Å². The Balaban J connectivity index is 2.48. The number of benzene rings is 2. The van der Waals surface area contributed by atoms with Crippen molar-refractivity contribution in [3.8, 4) is 11.5 Å². The number of aromatic hydroxyl groups is 2. The van der Waals surface area contributed by atoms with E-state index in [2.05, 4.69) is 79.7 Å². The molecule has 0 saturated carbocycles. The van der Waals surface area contributed by atoms with Crippen LogP contribution in [0.2, 0.25) is 0 Å². The van der Waals surface area contributed by atoms with Crippen LogP contribution in [-0.4, -0.2) is 10.2 Å². The number of phenolic OH excluding ortho intramolecular Hbond substituents is 2. The van der Waals surface area contributed by atoms with Crippen LogP contribution in [0.4, 0.5) is 0 Å². The van der Waals surface area contributed by atoms with E-state index in [0.717, 1.165) is 46.6 Å². The average Bonchev–Trinajstić information content (AvgIpc) is 2.81. The summed E-state index contributed by atoms with van der Waals surface area (Å²) in [6.07, 6.45) is 4.12. The highest BCUT2D eigenvalue weighted by atomic mass is 33.1. The van der Waals surface area contributed by atoms with E-state index in [1.165, 1.54) is 11.1 Å². The van der Waals surface area contributed by atoms with Crippen LogP contribution in [0.5, 0.6) is 11.5 Å². The van der Waals surface area contributed by atoms with Crippen molar-refractivity contribution < 1.29 is 10.2 Å². The zero-order valence-corrected chi connectivity index (χ0v) is 22.8. The summed E-state index contributed by atoms with van der Waals surface area (Å²) in [6.45, 7) is 17.6. The highest BCUT2D eigenvalue weighted by Crippen LogP contribution is 2.50. The Morgan fingerprint density at radius 3 is 1.16 bits per heavy atom. The molecule has 0 spiro atoms. The van der Waals surface area contributed by atoms with Crippen LogP contribution in [0.3, 0.4) is 0 Å². The minimum Gasteiger partial charge on any atom is -0.506 e. The molecule has 4 atom stereocenters. The molecule has 4 heteroatoms. The molecule has 0 heterocycles. The largest absolute Gasteiger partial charge is 0.506 e. The van der Waals surface area contributed by atoms with Crippen LogP contribution in [0, 0.1) is 0 Å². The van der Waals surface area contributed by atoms with Gasteiger partial charge in [-0.3, -0.25) is 0 Å². The smallest absolute Gasteiger partial charge is 0.133 e. The maximum absolute atomic E-state index is 11.1.